The van der Waals surface area contributed by atoms with Crippen LogP contribution in [0.2, 0.25) is 0 Å². The zero-order valence-electron chi connectivity index (χ0n) is 16.7. The molecule has 1 atom stereocenters. The zero-order chi connectivity index (χ0) is 20.4. The number of esters is 1. The molecule has 1 unspecified atom stereocenters. The number of rotatable bonds is 5. The highest BCUT2D eigenvalue weighted by Crippen LogP contribution is 2.44. The average molecular weight is 399 g/mol. The number of nitrogens with zero attached hydrogens (tertiary/aromatic N) is 1. The number of ether oxygens (including phenoxy) is 2. The molecule has 1 heterocycles. The van der Waals surface area contributed by atoms with Gasteiger partial charge in [-0.25, -0.2) is 0 Å². The number of thioether (sulfide) groups is 1. The topological polar surface area (TPSA) is 73.9 Å². The number of hydrogen-bond donors (Lipinski definition) is 1. The van der Waals surface area contributed by atoms with E-state index in [1.165, 1.54) is 0 Å². The lowest BCUT2D eigenvalue weighted by molar-refractivity contribution is -0.153. The van der Waals surface area contributed by atoms with Crippen LogP contribution in [0, 0.1) is 0 Å². The molecule has 28 heavy (non-hydrogen) atoms. The van der Waals surface area contributed by atoms with Gasteiger partial charge in [-0.1, -0.05) is 24.3 Å². The molecule has 1 aliphatic heterocycles. The third-order valence-electron chi connectivity index (χ3n) is 4.41. The second kappa shape index (κ2) is 7.87. The molecule has 2 N–H and O–H groups in total. The number of carbonyl (C=O) groups is 1. The molecule has 0 fully saturated rings. The first-order valence-corrected chi connectivity index (χ1v) is 10.1. The Kier molecular flexibility index (Phi) is 5.70. The van der Waals surface area contributed by atoms with Crippen LogP contribution in [0.5, 0.6) is 5.75 Å². The Morgan fingerprint density at radius 2 is 1.89 bits per heavy atom. The molecule has 0 saturated carbocycles. The van der Waals surface area contributed by atoms with Crippen LogP contribution in [0.4, 0.5) is 5.69 Å². The number of anilines is 1. The van der Waals surface area contributed by atoms with Crippen LogP contribution < -0.4 is 10.5 Å². The molecule has 148 valence electrons. The van der Waals surface area contributed by atoms with Crippen LogP contribution in [0.25, 0.3) is 0 Å². The fourth-order valence-corrected chi connectivity index (χ4v) is 4.40. The first kappa shape index (κ1) is 20.3. The third kappa shape index (κ3) is 4.50. The minimum atomic E-state index is -0.594. The largest absolute Gasteiger partial charge is 0.497 e. The summed E-state index contributed by atoms with van der Waals surface area (Å²) in [5.74, 6) is 1.22. The van der Waals surface area contributed by atoms with Crippen molar-refractivity contribution >= 4 is 28.5 Å². The number of hydrogen-bond acceptors (Lipinski definition) is 6. The third-order valence-corrected chi connectivity index (χ3v) is 5.54. The Morgan fingerprint density at radius 3 is 2.50 bits per heavy atom. The Hall–Kier alpha value is -2.47. The summed E-state index contributed by atoms with van der Waals surface area (Å²) in [4.78, 5) is 17.3. The summed E-state index contributed by atoms with van der Waals surface area (Å²) < 4.78 is 10.7. The van der Waals surface area contributed by atoms with E-state index in [4.69, 9.17) is 20.2 Å². The quantitative estimate of drug-likeness (QED) is 0.597. The molecule has 0 saturated heterocycles. The van der Waals surface area contributed by atoms with Crippen molar-refractivity contribution in [2.45, 2.75) is 38.3 Å². The Labute approximate surface area is 170 Å². The molecule has 2 aromatic rings. The minimum Gasteiger partial charge on any atom is -0.497 e. The van der Waals surface area contributed by atoms with E-state index in [-0.39, 0.29) is 12.4 Å². The smallest absolute Gasteiger partial charge is 0.312 e. The summed E-state index contributed by atoms with van der Waals surface area (Å²) in [6.45, 7) is 5.59. The molecule has 0 aliphatic carbocycles. The van der Waals surface area contributed by atoms with Gasteiger partial charge in [-0.05, 0) is 56.2 Å². The summed E-state index contributed by atoms with van der Waals surface area (Å²) in [5.41, 5.74) is 7.66. The summed E-state index contributed by atoms with van der Waals surface area (Å²) >= 11 is 1.59. The van der Waals surface area contributed by atoms with Crippen molar-refractivity contribution in [3.63, 3.8) is 0 Å². The van der Waals surface area contributed by atoms with Crippen LogP contribution in [0.3, 0.4) is 0 Å². The van der Waals surface area contributed by atoms with Crippen molar-refractivity contribution in [2.75, 3.05) is 18.6 Å². The van der Waals surface area contributed by atoms with Crippen molar-refractivity contribution in [2.24, 2.45) is 4.99 Å². The lowest BCUT2D eigenvalue weighted by Gasteiger charge is -2.27. The maximum absolute atomic E-state index is 12.3. The number of nitrogen functional groups attached to an aromatic ring is 1. The van der Waals surface area contributed by atoms with Crippen LogP contribution in [-0.4, -0.2) is 29.5 Å². The van der Waals surface area contributed by atoms with Crippen molar-refractivity contribution in [1.82, 2.24) is 0 Å². The van der Waals surface area contributed by atoms with E-state index in [2.05, 4.69) is 0 Å². The highest BCUT2D eigenvalue weighted by atomic mass is 32.2. The lowest BCUT2D eigenvalue weighted by atomic mass is 9.84. The van der Waals surface area contributed by atoms with Crippen molar-refractivity contribution in [3.05, 3.63) is 59.7 Å². The van der Waals surface area contributed by atoms with Crippen molar-refractivity contribution < 1.29 is 14.3 Å². The van der Waals surface area contributed by atoms with Crippen LogP contribution in [0.15, 0.2) is 53.5 Å². The number of methoxy groups -OCH3 is 1. The molecular weight excluding hydrogens is 372 g/mol. The van der Waals surface area contributed by atoms with E-state index in [1.54, 1.807) is 18.9 Å². The van der Waals surface area contributed by atoms with Crippen molar-refractivity contribution in [1.29, 1.82) is 0 Å². The van der Waals surface area contributed by atoms with E-state index < -0.39 is 11.1 Å². The molecule has 3 rings (SSSR count). The van der Waals surface area contributed by atoms with Gasteiger partial charge in [0.15, 0.2) is 0 Å². The predicted octanol–water partition coefficient (Wildman–Crippen LogP) is 4.40. The van der Waals surface area contributed by atoms with Gasteiger partial charge in [-0.3, -0.25) is 9.79 Å². The fraction of sp³-hybridized carbons (Fsp3) is 0.364. The molecule has 0 bridgehead atoms. The zero-order valence-corrected chi connectivity index (χ0v) is 17.5. The molecule has 2 aromatic carbocycles. The first-order chi connectivity index (χ1) is 13.2. The molecule has 0 amide bonds. The predicted molar refractivity (Wildman–Crippen MR) is 115 cm³/mol. The second-order valence-electron chi connectivity index (χ2n) is 7.77. The van der Waals surface area contributed by atoms with Gasteiger partial charge >= 0.3 is 5.97 Å². The Morgan fingerprint density at radius 1 is 1.18 bits per heavy atom. The maximum atomic E-state index is 12.3. The minimum absolute atomic E-state index is 0.169. The summed E-state index contributed by atoms with van der Waals surface area (Å²) in [6.07, 6.45) is 0.169. The van der Waals surface area contributed by atoms with Gasteiger partial charge in [0.2, 0.25) is 0 Å². The fourth-order valence-electron chi connectivity index (χ4n) is 3.18. The normalized spacial score (nSPS) is 19.2. The van der Waals surface area contributed by atoms with Gasteiger partial charge < -0.3 is 15.2 Å². The van der Waals surface area contributed by atoms with E-state index in [0.717, 1.165) is 21.9 Å². The maximum Gasteiger partial charge on any atom is 0.312 e. The SMILES string of the molecule is COc1ccc(C2(c3cccc(N)c3)CSC(CC(=O)OC(C)(C)C)=N2)cc1. The number of nitrogens with two attached hydrogens (primary N) is 1. The highest BCUT2D eigenvalue weighted by Gasteiger charge is 2.40. The lowest BCUT2D eigenvalue weighted by Crippen LogP contribution is -2.26. The van der Waals surface area contributed by atoms with Crippen LogP contribution >= 0.6 is 11.8 Å². The van der Waals surface area contributed by atoms with Crippen LogP contribution in [-0.2, 0) is 15.1 Å². The van der Waals surface area contributed by atoms with Crippen molar-refractivity contribution in [3.8, 4) is 5.75 Å². The van der Waals surface area contributed by atoms with E-state index in [1.807, 2.05) is 69.3 Å². The van der Waals surface area contributed by atoms with Gasteiger partial charge in [-0.2, -0.15) is 0 Å². The summed E-state index contributed by atoms with van der Waals surface area (Å²) in [7, 11) is 1.64. The van der Waals surface area contributed by atoms with Gasteiger partial charge in [0.1, 0.15) is 16.9 Å². The Balaban J connectivity index is 1.98. The molecule has 0 radical (unpaired) electrons. The standard InChI is InChI=1S/C22H26N2O3S/c1-21(2,3)27-20(25)13-19-24-22(14-28-19,16-6-5-7-17(23)12-16)15-8-10-18(26-4)11-9-15/h5-12H,13-14,23H2,1-4H3. The number of benzene rings is 2. The van der Waals surface area contributed by atoms with E-state index in [0.29, 0.717) is 11.4 Å². The summed E-state index contributed by atoms with van der Waals surface area (Å²) in [6, 6.07) is 15.7. The number of carbonyl (C=O) groups excluding carboxylic acids is 1. The molecule has 1 aliphatic rings. The monoisotopic (exact) mass is 398 g/mol. The molecule has 0 aromatic heterocycles. The summed E-state index contributed by atoms with van der Waals surface area (Å²) in [5, 5.41) is 0.771. The molecule has 0 spiro atoms. The van der Waals surface area contributed by atoms with Gasteiger partial charge in [-0.15, -0.1) is 11.8 Å². The number of aliphatic imine (C=N–C) groups is 1. The molecular formula is C22H26N2O3S. The van der Waals surface area contributed by atoms with Gasteiger partial charge in [0.05, 0.1) is 18.6 Å². The molecule has 5 nitrogen and oxygen atoms in total. The highest BCUT2D eigenvalue weighted by molar-refractivity contribution is 8.14. The van der Waals surface area contributed by atoms with Gasteiger partial charge in [0.25, 0.3) is 0 Å². The van der Waals surface area contributed by atoms with Gasteiger partial charge in [0, 0.05) is 11.4 Å². The van der Waals surface area contributed by atoms with E-state index in [9.17, 15) is 4.79 Å². The van der Waals surface area contributed by atoms with E-state index >= 15 is 0 Å². The first-order valence-electron chi connectivity index (χ1n) is 9.16. The molecule has 6 heteroatoms. The second-order valence-corrected chi connectivity index (χ2v) is 8.82. The van der Waals surface area contributed by atoms with Crippen LogP contribution in [0.1, 0.15) is 38.3 Å². The Bertz CT molecular complexity index is 887. The average Bonchev–Trinajstić information content (AvgIpc) is 3.05.